The average molecular weight is 351 g/mol. The number of hydrogen-bond acceptors (Lipinski definition) is 3. The van der Waals surface area contributed by atoms with Gasteiger partial charge in [-0.05, 0) is 59.3 Å². The van der Waals surface area contributed by atoms with E-state index in [1.165, 1.54) is 0 Å². The number of piperidine rings is 1. The predicted molar refractivity (Wildman–Crippen MR) is 98.3 cm³/mol. The van der Waals surface area contributed by atoms with E-state index in [1.807, 2.05) is 32.6 Å². The number of ether oxygens (including phenoxy) is 1. The monoisotopic (exact) mass is 351 g/mol. The molecule has 0 radical (unpaired) electrons. The predicted octanol–water partition coefficient (Wildman–Crippen LogP) is 3.68. The van der Waals surface area contributed by atoms with Crippen LogP contribution in [0.15, 0.2) is 12.3 Å². The Balaban J connectivity index is 1.74. The summed E-state index contributed by atoms with van der Waals surface area (Å²) < 4.78 is 5.44. The Kier molecular flexibility index (Phi) is 6.36. The van der Waals surface area contributed by atoms with Gasteiger partial charge < -0.3 is 14.5 Å². The summed E-state index contributed by atoms with van der Waals surface area (Å²) in [7, 11) is 0. The number of carbonyl (C=O) groups is 2. The number of hydrogen-bond donors (Lipinski definition) is 0. The molecule has 0 spiro atoms. The Morgan fingerprint density at radius 3 is 2.40 bits per heavy atom. The number of urea groups is 1. The summed E-state index contributed by atoms with van der Waals surface area (Å²) in [5, 5.41) is 0. The first-order valence-electron chi connectivity index (χ1n) is 9.37. The lowest BCUT2D eigenvalue weighted by Crippen LogP contribution is -2.49. The fourth-order valence-corrected chi connectivity index (χ4v) is 3.41. The van der Waals surface area contributed by atoms with E-state index in [4.69, 9.17) is 4.74 Å². The second-order valence-corrected chi connectivity index (χ2v) is 8.21. The van der Waals surface area contributed by atoms with Crippen LogP contribution >= 0.6 is 0 Å². The van der Waals surface area contributed by atoms with Crippen LogP contribution < -0.4 is 0 Å². The SMILES string of the molecule is C=C(C)N1CCCN(CCC2CCN(C(=O)OC(C)(C)C)CC2)C1=O. The van der Waals surface area contributed by atoms with E-state index in [9.17, 15) is 9.59 Å². The molecule has 25 heavy (non-hydrogen) atoms. The quantitative estimate of drug-likeness (QED) is 0.776. The highest BCUT2D eigenvalue weighted by molar-refractivity contribution is 5.76. The molecular formula is C19H33N3O3. The summed E-state index contributed by atoms with van der Waals surface area (Å²) in [6.45, 7) is 15.3. The lowest BCUT2D eigenvalue weighted by Gasteiger charge is -2.37. The van der Waals surface area contributed by atoms with Crippen LogP contribution in [0.2, 0.25) is 0 Å². The Bertz CT molecular complexity index is 505. The molecule has 0 aromatic rings. The van der Waals surface area contributed by atoms with Gasteiger partial charge in [0.15, 0.2) is 0 Å². The Morgan fingerprint density at radius 1 is 1.20 bits per heavy atom. The van der Waals surface area contributed by atoms with Gasteiger partial charge in [0.25, 0.3) is 0 Å². The van der Waals surface area contributed by atoms with Crippen LogP contribution in [-0.2, 0) is 4.74 Å². The lowest BCUT2D eigenvalue weighted by atomic mass is 9.93. The maximum atomic E-state index is 12.4. The third kappa shape index (κ3) is 5.65. The first-order valence-corrected chi connectivity index (χ1v) is 9.37. The molecule has 6 nitrogen and oxygen atoms in total. The van der Waals surface area contributed by atoms with E-state index in [-0.39, 0.29) is 12.1 Å². The zero-order valence-electron chi connectivity index (χ0n) is 16.2. The number of rotatable bonds is 4. The smallest absolute Gasteiger partial charge is 0.410 e. The molecule has 2 fully saturated rings. The van der Waals surface area contributed by atoms with E-state index in [2.05, 4.69) is 6.58 Å². The van der Waals surface area contributed by atoms with Gasteiger partial charge in [-0.25, -0.2) is 9.59 Å². The average Bonchev–Trinajstić information content (AvgIpc) is 2.52. The van der Waals surface area contributed by atoms with Crippen molar-refractivity contribution in [3.05, 3.63) is 12.3 Å². The number of amides is 3. The van der Waals surface area contributed by atoms with E-state index in [0.717, 1.165) is 64.1 Å². The van der Waals surface area contributed by atoms with Crippen LogP contribution in [0, 0.1) is 5.92 Å². The molecule has 6 heteroatoms. The van der Waals surface area contributed by atoms with Crippen LogP contribution in [0.25, 0.3) is 0 Å². The van der Waals surface area contributed by atoms with Gasteiger partial charge in [0.2, 0.25) is 0 Å². The second kappa shape index (κ2) is 8.11. The molecule has 2 aliphatic rings. The first-order chi connectivity index (χ1) is 11.7. The van der Waals surface area contributed by atoms with Crippen molar-refractivity contribution in [3.63, 3.8) is 0 Å². The number of nitrogens with zero attached hydrogens (tertiary/aromatic N) is 3. The summed E-state index contributed by atoms with van der Waals surface area (Å²) in [6.07, 6.45) is 3.74. The molecule has 0 aromatic carbocycles. The summed E-state index contributed by atoms with van der Waals surface area (Å²) in [5.41, 5.74) is 0.373. The van der Waals surface area contributed by atoms with Gasteiger partial charge in [0.05, 0.1) is 0 Å². The summed E-state index contributed by atoms with van der Waals surface area (Å²) >= 11 is 0. The Hall–Kier alpha value is -1.72. The summed E-state index contributed by atoms with van der Waals surface area (Å²) in [5.74, 6) is 0.562. The molecule has 0 N–H and O–H groups in total. The highest BCUT2D eigenvalue weighted by atomic mass is 16.6. The van der Waals surface area contributed by atoms with Crippen molar-refractivity contribution in [2.24, 2.45) is 5.92 Å². The minimum atomic E-state index is -0.447. The molecule has 2 saturated heterocycles. The fraction of sp³-hybridized carbons (Fsp3) is 0.789. The van der Waals surface area contributed by atoms with Gasteiger partial charge >= 0.3 is 12.1 Å². The zero-order valence-corrected chi connectivity index (χ0v) is 16.2. The summed E-state index contributed by atoms with van der Waals surface area (Å²) in [6, 6.07) is 0.0879. The molecule has 0 saturated carbocycles. The molecule has 142 valence electrons. The maximum absolute atomic E-state index is 12.4. The molecule has 3 amide bonds. The highest BCUT2D eigenvalue weighted by Gasteiger charge is 2.29. The first kappa shape index (κ1) is 19.6. The topological polar surface area (TPSA) is 53.1 Å². The molecule has 0 atom stereocenters. The molecule has 0 aliphatic carbocycles. The van der Waals surface area contributed by atoms with Crippen molar-refractivity contribution in [3.8, 4) is 0 Å². The van der Waals surface area contributed by atoms with Crippen LogP contribution in [-0.4, -0.2) is 65.1 Å². The lowest BCUT2D eigenvalue weighted by molar-refractivity contribution is 0.0178. The van der Waals surface area contributed by atoms with E-state index in [0.29, 0.717) is 5.92 Å². The minimum Gasteiger partial charge on any atom is -0.444 e. The number of carbonyl (C=O) groups excluding carboxylic acids is 2. The van der Waals surface area contributed by atoms with E-state index in [1.54, 1.807) is 9.80 Å². The maximum Gasteiger partial charge on any atom is 0.410 e. The molecule has 2 heterocycles. The minimum absolute atomic E-state index is 0.0879. The Labute approximate surface area is 151 Å². The normalized spacial score (nSPS) is 20.0. The fourth-order valence-electron chi connectivity index (χ4n) is 3.41. The molecule has 2 rings (SSSR count). The van der Waals surface area contributed by atoms with Gasteiger partial charge in [0, 0.05) is 38.4 Å². The molecule has 0 unspecified atom stereocenters. The number of likely N-dealkylation sites (tertiary alicyclic amines) is 1. The molecule has 2 aliphatic heterocycles. The second-order valence-electron chi connectivity index (χ2n) is 8.21. The molecule has 0 aromatic heterocycles. The number of allylic oxidation sites excluding steroid dienone is 1. The van der Waals surface area contributed by atoms with Crippen molar-refractivity contribution in [1.29, 1.82) is 0 Å². The van der Waals surface area contributed by atoms with Crippen molar-refractivity contribution < 1.29 is 14.3 Å². The van der Waals surface area contributed by atoms with Crippen molar-refractivity contribution in [2.45, 2.75) is 59.0 Å². The van der Waals surface area contributed by atoms with Gasteiger partial charge in [-0.3, -0.25) is 4.90 Å². The van der Waals surface area contributed by atoms with Crippen LogP contribution in [0.1, 0.15) is 53.4 Å². The van der Waals surface area contributed by atoms with Crippen LogP contribution in [0.4, 0.5) is 9.59 Å². The summed E-state index contributed by atoms with van der Waals surface area (Å²) in [4.78, 5) is 30.1. The van der Waals surface area contributed by atoms with Crippen molar-refractivity contribution in [2.75, 3.05) is 32.7 Å². The van der Waals surface area contributed by atoms with Gasteiger partial charge in [0.1, 0.15) is 5.60 Å². The Morgan fingerprint density at radius 2 is 1.84 bits per heavy atom. The standard InChI is InChI=1S/C19H33N3O3/c1-15(2)22-11-6-10-20(17(22)23)12-7-16-8-13-21(14-9-16)18(24)25-19(3,4)5/h16H,1,6-14H2,2-5H3. The van der Waals surface area contributed by atoms with Gasteiger partial charge in [-0.2, -0.15) is 0 Å². The van der Waals surface area contributed by atoms with E-state index >= 15 is 0 Å². The third-order valence-electron chi connectivity index (χ3n) is 4.85. The van der Waals surface area contributed by atoms with Gasteiger partial charge in [-0.1, -0.05) is 6.58 Å². The van der Waals surface area contributed by atoms with Gasteiger partial charge in [-0.15, -0.1) is 0 Å². The van der Waals surface area contributed by atoms with Crippen molar-refractivity contribution in [1.82, 2.24) is 14.7 Å². The van der Waals surface area contributed by atoms with E-state index < -0.39 is 5.60 Å². The highest BCUT2D eigenvalue weighted by Crippen LogP contribution is 2.23. The largest absolute Gasteiger partial charge is 0.444 e. The molecule has 0 bridgehead atoms. The van der Waals surface area contributed by atoms with Crippen molar-refractivity contribution >= 4 is 12.1 Å². The molecular weight excluding hydrogens is 318 g/mol. The third-order valence-corrected chi connectivity index (χ3v) is 4.85. The van der Waals surface area contributed by atoms with Crippen LogP contribution in [0.5, 0.6) is 0 Å². The van der Waals surface area contributed by atoms with Crippen LogP contribution in [0.3, 0.4) is 0 Å². The zero-order chi connectivity index (χ0) is 18.6.